The topological polar surface area (TPSA) is 66.9 Å². The monoisotopic (exact) mass is 444 g/mol. The minimum Gasteiger partial charge on any atom is -0.340 e. The molecule has 2 aromatic carbocycles. The van der Waals surface area contributed by atoms with E-state index in [1.165, 1.54) is 18.2 Å². The van der Waals surface area contributed by atoms with Crippen molar-refractivity contribution >= 4 is 46.5 Å². The van der Waals surface area contributed by atoms with Crippen molar-refractivity contribution in [1.29, 1.82) is 0 Å². The van der Waals surface area contributed by atoms with Gasteiger partial charge >= 0.3 is 0 Å². The second-order valence-corrected chi connectivity index (χ2v) is 7.24. The Kier molecular flexibility index (Phi) is 6.53. The molecule has 32 heavy (non-hydrogen) atoms. The number of pyridine rings is 2. The maximum atomic E-state index is 13.2. The first-order valence-corrected chi connectivity index (χ1v) is 10.1. The van der Waals surface area contributed by atoms with Crippen LogP contribution in [0.25, 0.3) is 6.08 Å². The third-order valence-electron chi connectivity index (χ3n) is 4.54. The van der Waals surface area contributed by atoms with E-state index in [1.54, 1.807) is 60.9 Å². The van der Waals surface area contributed by atoms with Gasteiger partial charge in [-0.25, -0.2) is 14.4 Å². The molecule has 0 spiro atoms. The van der Waals surface area contributed by atoms with Gasteiger partial charge in [0.05, 0.1) is 5.56 Å². The second kappa shape index (κ2) is 9.85. The highest BCUT2D eigenvalue weighted by molar-refractivity contribution is 6.30. The molecule has 0 amide bonds. The lowest BCUT2D eigenvalue weighted by atomic mass is 10.1. The fourth-order valence-electron chi connectivity index (χ4n) is 2.96. The lowest BCUT2D eigenvalue weighted by molar-refractivity contribution is 0.104. The molecular formula is C25H18ClFN4O. The molecule has 2 aromatic heterocycles. The Morgan fingerprint density at radius 3 is 2.12 bits per heavy atom. The van der Waals surface area contributed by atoms with Gasteiger partial charge in [-0.1, -0.05) is 11.6 Å². The molecule has 0 saturated carbocycles. The van der Waals surface area contributed by atoms with Crippen LogP contribution in [0.5, 0.6) is 0 Å². The molecule has 0 bridgehead atoms. The molecule has 4 aromatic rings. The van der Waals surface area contributed by atoms with Crippen molar-refractivity contribution < 1.29 is 9.18 Å². The Morgan fingerprint density at radius 2 is 1.41 bits per heavy atom. The first kappa shape index (κ1) is 21.2. The molecule has 0 saturated heterocycles. The summed E-state index contributed by atoms with van der Waals surface area (Å²) in [6, 6.07) is 20.1. The van der Waals surface area contributed by atoms with E-state index in [-0.39, 0.29) is 11.6 Å². The highest BCUT2D eigenvalue weighted by atomic mass is 35.5. The summed E-state index contributed by atoms with van der Waals surface area (Å²) < 4.78 is 13.2. The van der Waals surface area contributed by atoms with Gasteiger partial charge in [-0.3, -0.25) is 4.79 Å². The average Bonchev–Trinajstić information content (AvgIpc) is 2.81. The summed E-state index contributed by atoms with van der Waals surface area (Å²) in [5.74, 6) is 0.425. The van der Waals surface area contributed by atoms with Crippen LogP contribution in [-0.2, 0) is 0 Å². The molecule has 0 aliphatic rings. The zero-order chi connectivity index (χ0) is 22.3. The van der Waals surface area contributed by atoms with Crippen LogP contribution >= 0.6 is 11.6 Å². The van der Waals surface area contributed by atoms with Crippen LogP contribution < -0.4 is 10.6 Å². The van der Waals surface area contributed by atoms with Crippen molar-refractivity contribution in [3.63, 3.8) is 0 Å². The zero-order valence-corrected chi connectivity index (χ0v) is 17.6. The minimum absolute atomic E-state index is 0.232. The van der Waals surface area contributed by atoms with E-state index in [9.17, 15) is 9.18 Å². The predicted molar refractivity (Wildman–Crippen MR) is 126 cm³/mol. The Hall–Kier alpha value is -4.03. The lowest BCUT2D eigenvalue weighted by Gasteiger charge is -2.10. The first-order chi connectivity index (χ1) is 15.6. The number of benzene rings is 2. The normalized spacial score (nSPS) is 10.8. The van der Waals surface area contributed by atoms with Crippen LogP contribution in [0.1, 0.15) is 15.9 Å². The fourth-order valence-corrected chi connectivity index (χ4v) is 3.08. The summed E-state index contributed by atoms with van der Waals surface area (Å²) in [6.45, 7) is 0. The number of nitrogens with one attached hydrogen (secondary N) is 2. The number of carbonyl (C=O) groups is 1. The summed E-state index contributed by atoms with van der Waals surface area (Å²) in [5.41, 5.74) is 2.59. The Labute approximate surface area is 189 Å². The maximum absolute atomic E-state index is 13.2. The SMILES string of the molecule is O=C(C=Cc1cccnc1Nc1ccc(Cl)cc1)c1cccnc1Nc1ccc(F)cc1. The molecule has 2 heterocycles. The van der Waals surface area contributed by atoms with E-state index in [1.807, 2.05) is 18.2 Å². The molecule has 0 radical (unpaired) electrons. The van der Waals surface area contributed by atoms with Crippen molar-refractivity contribution in [2.75, 3.05) is 10.6 Å². The van der Waals surface area contributed by atoms with Crippen LogP contribution in [0.2, 0.25) is 5.02 Å². The summed E-state index contributed by atoms with van der Waals surface area (Å²) in [6.07, 6.45) is 6.42. The maximum Gasteiger partial charge on any atom is 0.189 e. The molecule has 0 aliphatic carbocycles. The van der Waals surface area contributed by atoms with E-state index in [0.717, 1.165) is 11.3 Å². The number of hydrogen-bond donors (Lipinski definition) is 2. The van der Waals surface area contributed by atoms with E-state index in [2.05, 4.69) is 20.6 Å². The third kappa shape index (κ3) is 5.36. The summed E-state index contributed by atoms with van der Waals surface area (Å²) >= 11 is 5.94. The van der Waals surface area contributed by atoms with Gasteiger partial charge in [0.1, 0.15) is 17.5 Å². The van der Waals surface area contributed by atoms with Gasteiger partial charge in [0.15, 0.2) is 5.78 Å². The Balaban J connectivity index is 1.54. The van der Waals surface area contributed by atoms with Gasteiger partial charge in [0, 0.05) is 34.4 Å². The Morgan fingerprint density at radius 1 is 0.812 bits per heavy atom. The minimum atomic E-state index is -0.338. The molecule has 5 nitrogen and oxygen atoms in total. The number of halogens is 2. The number of allylic oxidation sites excluding steroid dienone is 1. The van der Waals surface area contributed by atoms with Crippen molar-refractivity contribution in [1.82, 2.24) is 9.97 Å². The highest BCUT2D eigenvalue weighted by Gasteiger charge is 2.11. The van der Waals surface area contributed by atoms with E-state index < -0.39 is 0 Å². The van der Waals surface area contributed by atoms with Gasteiger partial charge in [0.25, 0.3) is 0 Å². The molecule has 0 atom stereocenters. The largest absolute Gasteiger partial charge is 0.340 e. The molecular weight excluding hydrogens is 427 g/mol. The van der Waals surface area contributed by atoms with Crippen LogP contribution in [-0.4, -0.2) is 15.8 Å². The van der Waals surface area contributed by atoms with Crippen LogP contribution in [0.4, 0.5) is 27.4 Å². The molecule has 0 unspecified atom stereocenters. The summed E-state index contributed by atoms with van der Waals surface area (Å²) in [7, 11) is 0. The highest BCUT2D eigenvalue weighted by Crippen LogP contribution is 2.23. The van der Waals surface area contributed by atoms with Crippen molar-refractivity contribution in [2.45, 2.75) is 0 Å². The van der Waals surface area contributed by atoms with Crippen molar-refractivity contribution in [3.8, 4) is 0 Å². The van der Waals surface area contributed by atoms with Gasteiger partial charge in [-0.15, -0.1) is 0 Å². The quantitative estimate of drug-likeness (QED) is 0.246. The standard InChI is InChI=1S/C25H18ClFN4O/c26-18-6-10-20(11-7-18)30-24-17(3-1-15-28-24)5-14-23(32)22-4-2-16-29-25(22)31-21-12-8-19(27)9-13-21/h1-16H,(H,28,30)(H,29,31). The average molecular weight is 445 g/mol. The fraction of sp³-hybridized carbons (Fsp3) is 0. The zero-order valence-electron chi connectivity index (χ0n) is 16.8. The lowest BCUT2D eigenvalue weighted by Crippen LogP contribution is -2.03. The van der Waals surface area contributed by atoms with E-state index >= 15 is 0 Å². The predicted octanol–water partition coefficient (Wildman–Crippen LogP) is 6.65. The number of ketones is 1. The number of anilines is 4. The number of nitrogens with zero attached hydrogens (tertiary/aromatic N) is 2. The van der Waals surface area contributed by atoms with Gasteiger partial charge in [0.2, 0.25) is 0 Å². The number of aromatic nitrogens is 2. The summed E-state index contributed by atoms with van der Waals surface area (Å²) in [5, 5.41) is 6.93. The molecule has 158 valence electrons. The smallest absolute Gasteiger partial charge is 0.189 e. The van der Waals surface area contributed by atoms with Crippen LogP contribution in [0.3, 0.4) is 0 Å². The number of hydrogen-bond acceptors (Lipinski definition) is 5. The van der Waals surface area contributed by atoms with Crippen molar-refractivity contribution in [2.24, 2.45) is 0 Å². The van der Waals surface area contributed by atoms with Crippen LogP contribution in [0, 0.1) is 5.82 Å². The molecule has 2 N–H and O–H groups in total. The number of rotatable bonds is 7. The molecule has 4 rings (SSSR count). The first-order valence-electron chi connectivity index (χ1n) is 9.76. The van der Waals surface area contributed by atoms with Crippen LogP contribution in [0.15, 0.2) is 91.3 Å². The Bertz CT molecular complexity index is 1260. The summed E-state index contributed by atoms with van der Waals surface area (Å²) in [4.78, 5) is 21.5. The van der Waals surface area contributed by atoms with Crippen molar-refractivity contribution in [3.05, 3.63) is 113 Å². The third-order valence-corrected chi connectivity index (χ3v) is 4.79. The van der Waals surface area contributed by atoms with Gasteiger partial charge in [-0.05, 0) is 84.9 Å². The molecule has 0 fully saturated rings. The molecule has 0 aliphatic heterocycles. The van der Waals surface area contributed by atoms with E-state index in [0.29, 0.717) is 27.9 Å². The second-order valence-electron chi connectivity index (χ2n) is 6.80. The van der Waals surface area contributed by atoms with Gasteiger partial charge in [-0.2, -0.15) is 0 Å². The van der Waals surface area contributed by atoms with Gasteiger partial charge < -0.3 is 10.6 Å². The van der Waals surface area contributed by atoms with E-state index in [4.69, 9.17) is 11.6 Å². The molecule has 7 heteroatoms. The number of carbonyl (C=O) groups excluding carboxylic acids is 1.